The molecule has 0 saturated heterocycles. The number of para-hydroxylation sites is 1. The number of nitrogens with zero attached hydrogens (tertiary/aromatic N) is 3. The monoisotopic (exact) mass is 400 g/mol. The van der Waals surface area contributed by atoms with Crippen LogP contribution in [0.1, 0.15) is 23.0 Å². The Kier molecular flexibility index (Phi) is 6.15. The summed E-state index contributed by atoms with van der Waals surface area (Å²) in [6.07, 6.45) is 1.60. The van der Waals surface area contributed by atoms with Gasteiger partial charge in [-0.3, -0.25) is 4.79 Å². The van der Waals surface area contributed by atoms with Gasteiger partial charge in [0.15, 0.2) is 11.0 Å². The average molecular weight is 400 g/mol. The molecule has 1 amide bonds. The van der Waals surface area contributed by atoms with Gasteiger partial charge in [0.05, 0.1) is 35.4 Å². The van der Waals surface area contributed by atoms with E-state index in [0.717, 1.165) is 11.3 Å². The van der Waals surface area contributed by atoms with E-state index in [2.05, 4.69) is 15.5 Å². The fourth-order valence-corrected chi connectivity index (χ4v) is 3.30. The number of thioether (sulfide) groups is 1. The van der Waals surface area contributed by atoms with Gasteiger partial charge in [-0.2, -0.15) is 0 Å². The molecular formula is C19H20N4O4S. The Morgan fingerprint density at radius 3 is 2.75 bits per heavy atom. The zero-order valence-electron chi connectivity index (χ0n) is 15.8. The first-order chi connectivity index (χ1) is 13.5. The van der Waals surface area contributed by atoms with E-state index in [1.165, 1.54) is 11.8 Å². The standard InChI is InChI=1S/C19H20N4O4S/c1-4-26-18(25)14-7-5-6-8-15(14)20-16(24)11-28-19-22-21-17(23(19)3)13-9-10-27-12(13)2/h5-10H,4,11H2,1-3H3,(H,20,24). The highest BCUT2D eigenvalue weighted by Crippen LogP contribution is 2.26. The third-order valence-electron chi connectivity index (χ3n) is 3.96. The van der Waals surface area contributed by atoms with Gasteiger partial charge in [0, 0.05) is 7.05 Å². The number of aryl methyl sites for hydroxylation is 1. The predicted octanol–water partition coefficient (Wildman–Crippen LogP) is 3.29. The fraction of sp³-hybridized carbons (Fsp3) is 0.263. The van der Waals surface area contributed by atoms with Crippen molar-refractivity contribution in [3.8, 4) is 11.4 Å². The van der Waals surface area contributed by atoms with E-state index >= 15 is 0 Å². The molecule has 0 unspecified atom stereocenters. The SMILES string of the molecule is CCOC(=O)c1ccccc1NC(=O)CSc1nnc(-c2ccoc2C)n1C. The first kappa shape index (κ1) is 19.7. The van der Waals surface area contributed by atoms with E-state index in [9.17, 15) is 9.59 Å². The third-order valence-corrected chi connectivity index (χ3v) is 4.98. The van der Waals surface area contributed by atoms with E-state index in [0.29, 0.717) is 22.2 Å². The van der Waals surface area contributed by atoms with Crippen LogP contribution in [0, 0.1) is 6.92 Å². The zero-order chi connectivity index (χ0) is 20.1. The van der Waals surface area contributed by atoms with Crippen LogP contribution in [0.2, 0.25) is 0 Å². The molecule has 0 bridgehead atoms. The van der Waals surface area contributed by atoms with Crippen LogP contribution in [-0.2, 0) is 16.6 Å². The van der Waals surface area contributed by atoms with Crippen LogP contribution in [0.3, 0.4) is 0 Å². The van der Waals surface area contributed by atoms with Crippen LogP contribution in [0.5, 0.6) is 0 Å². The second-order valence-electron chi connectivity index (χ2n) is 5.86. The summed E-state index contributed by atoms with van der Waals surface area (Å²) in [5, 5.41) is 11.7. The molecular weight excluding hydrogens is 380 g/mol. The predicted molar refractivity (Wildman–Crippen MR) is 105 cm³/mol. The number of aromatic nitrogens is 3. The topological polar surface area (TPSA) is 99.2 Å². The highest BCUT2D eigenvalue weighted by Gasteiger charge is 2.17. The van der Waals surface area contributed by atoms with E-state index in [1.54, 1.807) is 37.5 Å². The third kappa shape index (κ3) is 4.25. The lowest BCUT2D eigenvalue weighted by Gasteiger charge is -2.10. The molecule has 0 fully saturated rings. The van der Waals surface area contributed by atoms with Crippen LogP contribution >= 0.6 is 11.8 Å². The number of ether oxygens (including phenoxy) is 1. The zero-order valence-corrected chi connectivity index (χ0v) is 16.6. The molecule has 0 aliphatic carbocycles. The van der Waals surface area contributed by atoms with Crippen molar-refractivity contribution in [1.82, 2.24) is 14.8 Å². The van der Waals surface area contributed by atoms with E-state index in [1.807, 2.05) is 24.6 Å². The molecule has 1 N–H and O–H groups in total. The van der Waals surface area contributed by atoms with Gasteiger partial charge in [-0.15, -0.1) is 10.2 Å². The number of furan rings is 1. The number of benzene rings is 1. The van der Waals surface area contributed by atoms with Crippen molar-refractivity contribution in [2.75, 3.05) is 17.7 Å². The quantitative estimate of drug-likeness (QED) is 0.480. The molecule has 3 aromatic rings. The number of anilines is 1. The number of hydrogen-bond donors (Lipinski definition) is 1. The Labute approximate surface area is 166 Å². The smallest absolute Gasteiger partial charge is 0.340 e. The molecule has 2 heterocycles. The van der Waals surface area contributed by atoms with Gasteiger partial charge in [0.2, 0.25) is 5.91 Å². The van der Waals surface area contributed by atoms with Crippen molar-refractivity contribution >= 4 is 29.3 Å². The number of rotatable bonds is 7. The van der Waals surface area contributed by atoms with E-state index in [-0.39, 0.29) is 18.3 Å². The number of nitrogens with one attached hydrogen (secondary N) is 1. The number of esters is 1. The van der Waals surface area contributed by atoms with Gasteiger partial charge in [-0.05, 0) is 32.0 Å². The van der Waals surface area contributed by atoms with Gasteiger partial charge in [0.1, 0.15) is 5.76 Å². The maximum absolute atomic E-state index is 12.4. The van der Waals surface area contributed by atoms with Crippen molar-refractivity contribution in [2.24, 2.45) is 7.05 Å². The summed E-state index contributed by atoms with van der Waals surface area (Å²) in [6.45, 7) is 3.85. The molecule has 28 heavy (non-hydrogen) atoms. The van der Waals surface area contributed by atoms with Gasteiger partial charge in [-0.1, -0.05) is 23.9 Å². The fourth-order valence-electron chi connectivity index (χ4n) is 2.59. The number of hydrogen-bond acceptors (Lipinski definition) is 7. The van der Waals surface area contributed by atoms with Gasteiger partial charge < -0.3 is 19.0 Å². The van der Waals surface area contributed by atoms with Crippen molar-refractivity contribution in [3.63, 3.8) is 0 Å². The van der Waals surface area contributed by atoms with E-state index in [4.69, 9.17) is 9.15 Å². The summed E-state index contributed by atoms with van der Waals surface area (Å²) in [4.78, 5) is 24.4. The molecule has 0 aliphatic rings. The Morgan fingerprint density at radius 2 is 2.04 bits per heavy atom. The first-order valence-electron chi connectivity index (χ1n) is 8.64. The van der Waals surface area contributed by atoms with Crippen molar-refractivity contribution < 1.29 is 18.7 Å². The summed E-state index contributed by atoms with van der Waals surface area (Å²) in [7, 11) is 1.83. The minimum Gasteiger partial charge on any atom is -0.469 e. The lowest BCUT2D eigenvalue weighted by atomic mass is 10.2. The maximum atomic E-state index is 12.4. The summed E-state index contributed by atoms with van der Waals surface area (Å²) < 4.78 is 12.1. The van der Waals surface area contributed by atoms with Gasteiger partial charge in [-0.25, -0.2) is 4.79 Å². The molecule has 2 aromatic heterocycles. The summed E-state index contributed by atoms with van der Waals surface area (Å²) >= 11 is 1.25. The second-order valence-corrected chi connectivity index (χ2v) is 6.80. The molecule has 0 aliphatic heterocycles. The van der Waals surface area contributed by atoms with Crippen LogP contribution in [0.4, 0.5) is 5.69 Å². The number of carbonyl (C=O) groups excluding carboxylic acids is 2. The Hall–Kier alpha value is -3.07. The Morgan fingerprint density at radius 1 is 1.25 bits per heavy atom. The molecule has 0 spiro atoms. The molecule has 9 heteroatoms. The van der Waals surface area contributed by atoms with Crippen LogP contribution in [0.15, 0.2) is 46.2 Å². The summed E-state index contributed by atoms with van der Waals surface area (Å²) in [5.41, 5.74) is 1.59. The maximum Gasteiger partial charge on any atom is 0.340 e. The highest BCUT2D eigenvalue weighted by molar-refractivity contribution is 7.99. The molecule has 0 atom stereocenters. The Balaban J connectivity index is 1.65. The molecule has 1 aromatic carbocycles. The molecule has 0 saturated carbocycles. The van der Waals surface area contributed by atoms with Crippen molar-refractivity contribution in [3.05, 3.63) is 47.9 Å². The van der Waals surface area contributed by atoms with Crippen molar-refractivity contribution in [1.29, 1.82) is 0 Å². The van der Waals surface area contributed by atoms with Crippen molar-refractivity contribution in [2.45, 2.75) is 19.0 Å². The molecule has 146 valence electrons. The van der Waals surface area contributed by atoms with Crippen LogP contribution < -0.4 is 5.32 Å². The Bertz CT molecular complexity index is 995. The van der Waals surface area contributed by atoms with Crippen LogP contribution in [0.25, 0.3) is 11.4 Å². The molecule has 8 nitrogen and oxygen atoms in total. The summed E-state index contributed by atoms with van der Waals surface area (Å²) in [6, 6.07) is 8.57. The molecule has 0 radical (unpaired) electrons. The normalized spacial score (nSPS) is 10.7. The largest absolute Gasteiger partial charge is 0.469 e. The first-order valence-corrected chi connectivity index (χ1v) is 9.62. The molecule has 3 rings (SSSR count). The van der Waals surface area contributed by atoms with E-state index < -0.39 is 5.97 Å². The lowest BCUT2D eigenvalue weighted by molar-refractivity contribution is -0.113. The van der Waals surface area contributed by atoms with Gasteiger partial charge >= 0.3 is 5.97 Å². The minimum atomic E-state index is -0.473. The minimum absolute atomic E-state index is 0.119. The summed E-state index contributed by atoms with van der Waals surface area (Å²) in [5.74, 6) is 0.806. The van der Waals surface area contributed by atoms with Crippen LogP contribution in [-0.4, -0.2) is 39.0 Å². The van der Waals surface area contributed by atoms with Gasteiger partial charge in [0.25, 0.3) is 0 Å². The average Bonchev–Trinajstić information content (AvgIpc) is 3.25. The second kappa shape index (κ2) is 8.75. The lowest BCUT2D eigenvalue weighted by Crippen LogP contribution is -2.17. The number of carbonyl (C=O) groups is 2. The highest BCUT2D eigenvalue weighted by atomic mass is 32.2. The number of amides is 1.